The normalized spacial score (nSPS) is 10.7. The fourth-order valence-corrected chi connectivity index (χ4v) is 2.65. The molecule has 1 N–H and O–H groups in total. The molecule has 0 atom stereocenters. The molecular weight excluding hydrogens is 338 g/mol. The molecule has 0 radical (unpaired) electrons. The average molecular weight is 349 g/mol. The molecule has 0 saturated carbocycles. The number of pyridine rings is 2. The molecule has 20 heavy (non-hydrogen) atoms. The van der Waals surface area contributed by atoms with Gasteiger partial charge in [-0.1, -0.05) is 45.7 Å². The Kier molecular flexibility index (Phi) is 3.85. The van der Waals surface area contributed by atoms with Gasteiger partial charge in [0.15, 0.2) is 0 Å². The van der Waals surface area contributed by atoms with Crippen LogP contribution in [0.5, 0.6) is 0 Å². The maximum Gasteiger partial charge on any atom is 0.131 e. The van der Waals surface area contributed by atoms with Gasteiger partial charge in [-0.15, -0.1) is 0 Å². The smallest absolute Gasteiger partial charge is 0.131 e. The second kappa shape index (κ2) is 5.77. The van der Waals surface area contributed by atoms with E-state index in [4.69, 9.17) is 11.6 Å². The number of hydrogen-bond acceptors (Lipinski definition) is 3. The maximum absolute atomic E-state index is 5.87. The molecule has 0 spiro atoms. The van der Waals surface area contributed by atoms with E-state index in [2.05, 4.69) is 37.3 Å². The first-order chi connectivity index (χ1) is 9.74. The second-order valence-corrected chi connectivity index (χ2v) is 5.55. The van der Waals surface area contributed by atoms with E-state index in [1.54, 1.807) is 12.3 Å². The Hall–Kier alpha value is -1.65. The van der Waals surface area contributed by atoms with E-state index in [1.165, 1.54) is 0 Å². The Morgan fingerprint density at radius 3 is 2.85 bits per heavy atom. The molecule has 3 aromatic rings. The zero-order chi connectivity index (χ0) is 13.9. The van der Waals surface area contributed by atoms with Crippen LogP contribution >= 0.6 is 27.5 Å². The summed E-state index contributed by atoms with van der Waals surface area (Å²) in [6.07, 6.45) is 1.80. The fraction of sp³-hybridized carbons (Fsp3) is 0.0667. The third kappa shape index (κ3) is 2.76. The van der Waals surface area contributed by atoms with Crippen molar-refractivity contribution in [2.75, 3.05) is 5.32 Å². The maximum atomic E-state index is 5.87. The molecule has 0 aliphatic rings. The van der Waals surface area contributed by atoms with Crippen molar-refractivity contribution >= 4 is 44.3 Å². The van der Waals surface area contributed by atoms with Crippen LogP contribution in [-0.4, -0.2) is 9.97 Å². The van der Waals surface area contributed by atoms with Crippen LogP contribution in [0.1, 0.15) is 5.56 Å². The van der Waals surface area contributed by atoms with Gasteiger partial charge in [0.1, 0.15) is 11.0 Å². The number of hydrogen-bond donors (Lipinski definition) is 1. The highest BCUT2D eigenvalue weighted by atomic mass is 79.9. The van der Waals surface area contributed by atoms with Crippen LogP contribution in [-0.2, 0) is 6.54 Å². The number of fused-ring (bicyclic) bond motifs is 1. The largest absolute Gasteiger partial charge is 0.366 e. The second-order valence-electron chi connectivity index (χ2n) is 4.31. The van der Waals surface area contributed by atoms with Crippen molar-refractivity contribution in [1.82, 2.24) is 9.97 Å². The lowest BCUT2D eigenvalue weighted by Gasteiger charge is -2.09. The lowest BCUT2D eigenvalue weighted by atomic mass is 10.1. The molecule has 0 aliphatic heterocycles. The Morgan fingerprint density at radius 2 is 2.00 bits per heavy atom. The van der Waals surface area contributed by atoms with Gasteiger partial charge < -0.3 is 5.32 Å². The van der Waals surface area contributed by atoms with Crippen molar-refractivity contribution < 1.29 is 0 Å². The summed E-state index contributed by atoms with van der Waals surface area (Å²) < 4.78 is 1.05. The minimum Gasteiger partial charge on any atom is -0.366 e. The minimum atomic E-state index is 0.480. The van der Waals surface area contributed by atoms with Gasteiger partial charge in [0, 0.05) is 22.6 Å². The number of rotatable bonds is 3. The first-order valence-electron chi connectivity index (χ1n) is 6.12. The Bertz CT molecular complexity index is 761. The summed E-state index contributed by atoms with van der Waals surface area (Å²) in [4.78, 5) is 8.67. The Labute approximate surface area is 130 Å². The van der Waals surface area contributed by atoms with E-state index in [0.29, 0.717) is 11.7 Å². The van der Waals surface area contributed by atoms with Gasteiger partial charge in [-0.05, 0) is 29.8 Å². The molecular formula is C15H11BrClN3. The molecule has 2 aromatic heterocycles. The van der Waals surface area contributed by atoms with E-state index in [-0.39, 0.29) is 0 Å². The van der Waals surface area contributed by atoms with Gasteiger partial charge in [-0.3, -0.25) is 4.98 Å². The molecule has 0 aliphatic carbocycles. The first-order valence-corrected chi connectivity index (χ1v) is 7.30. The van der Waals surface area contributed by atoms with Crippen LogP contribution in [0.15, 0.2) is 53.1 Å². The molecule has 5 heteroatoms. The first kappa shape index (κ1) is 13.3. The van der Waals surface area contributed by atoms with Gasteiger partial charge >= 0.3 is 0 Å². The highest BCUT2D eigenvalue weighted by Crippen LogP contribution is 2.25. The molecule has 0 bridgehead atoms. The highest BCUT2D eigenvalue weighted by molar-refractivity contribution is 9.10. The van der Waals surface area contributed by atoms with Crippen LogP contribution in [0.3, 0.4) is 0 Å². The summed E-state index contributed by atoms with van der Waals surface area (Å²) in [5.41, 5.74) is 2.10. The fourth-order valence-electron chi connectivity index (χ4n) is 2.03. The summed E-state index contributed by atoms with van der Waals surface area (Å²) in [5, 5.41) is 4.85. The SMILES string of the molecule is Clc1cccc(NCc2ccc(Br)c3cccnc23)n1. The van der Waals surface area contributed by atoms with Gasteiger partial charge in [0.05, 0.1) is 5.52 Å². The predicted octanol–water partition coefficient (Wildman–Crippen LogP) is 4.66. The van der Waals surface area contributed by atoms with Gasteiger partial charge in [0.25, 0.3) is 0 Å². The molecule has 3 nitrogen and oxygen atoms in total. The lowest BCUT2D eigenvalue weighted by molar-refractivity contribution is 1.11. The molecule has 1 aromatic carbocycles. The predicted molar refractivity (Wildman–Crippen MR) is 86.0 cm³/mol. The summed E-state index contributed by atoms with van der Waals surface area (Å²) in [5.74, 6) is 0.754. The summed E-state index contributed by atoms with van der Waals surface area (Å²) in [7, 11) is 0. The van der Waals surface area contributed by atoms with Crippen molar-refractivity contribution in [3.05, 3.63) is 63.9 Å². The summed E-state index contributed by atoms with van der Waals surface area (Å²) >= 11 is 9.42. The Balaban J connectivity index is 1.90. The monoisotopic (exact) mass is 347 g/mol. The summed E-state index contributed by atoms with van der Waals surface area (Å²) in [6, 6.07) is 13.6. The topological polar surface area (TPSA) is 37.8 Å². The summed E-state index contributed by atoms with van der Waals surface area (Å²) in [6.45, 7) is 0.647. The van der Waals surface area contributed by atoms with Gasteiger partial charge in [0.2, 0.25) is 0 Å². The van der Waals surface area contributed by atoms with Crippen LogP contribution < -0.4 is 5.32 Å². The quantitative estimate of drug-likeness (QED) is 0.700. The number of benzene rings is 1. The van der Waals surface area contributed by atoms with Crippen molar-refractivity contribution in [3.63, 3.8) is 0 Å². The zero-order valence-corrected chi connectivity index (χ0v) is 12.8. The molecule has 0 unspecified atom stereocenters. The van der Waals surface area contributed by atoms with E-state index in [9.17, 15) is 0 Å². The van der Waals surface area contributed by atoms with Crippen LogP contribution in [0.25, 0.3) is 10.9 Å². The number of nitrogens with one attached hydrogen (secondary N) is 1. The zero-order valence-electron chi connectivity index (χ0n) is 10.5. The van der Waals surface area contributed by atoms with E-state index in [1.807, 2.05) is 30.3 Å². The third-order valence-corrected chi connectivity index (χ3v) is 3.88. The van der Waals surface area contributed by atoms with Crippen molar-refractivity contribution in [1.29, 1.82) is 0 Å². The number of nitrogens with zero attached hydrogens (tertiary/aromatic N) is 2. The van der Waals surface area contributed by atoms with E-state index in [0.717, 1.165) is 26.8 Å². The van der Waals surface area contributed by atoms with E-state index >= 15 is 0 Å². The van der Waals surface area contributed by atoms with Crippen LogP contribution in [0, 0.1) is 0 Å². The van der Waals surface area contributed by atoms with E-state index < -0.39 is 0 Å². The minimum absolute atomic E-state index is 0.480. The van der Waals surface area contributed by atoms with Crippen LogP contribution in [0.4, 0.5) is 5.82 Å². The lowest BCUT2D eigenvalue weighted by Crippen LogP contribution is -2.02. The average Bonchev–Trinajstić information content (AvgIpc) is 2.47. The third-order valence-electron chi connectivity index (χ3n) is 2.98. The number of anilines is 1. The molecule has 0 fully saturated rings. The van der Waals surface area contributed by atoms with Crippen molar-refractivity contribution in [3.8, 4) is 0 Å². The number of aromatic nitrogens is 2. The molecule has 0 saturated heterocycles. The van der Waals surface area contributed by atoms with Gasteiger partial charge in [-0.2, -0.15) is 0 Å². The molecule has 0 amide bonds. The molecule has 100 valence electrons. The highest BCUT2D eigenvalue weighted by Gasteiger charge is 2.05. The molecule has 3 rings (SSSR count). The standard InChI is InChI=1S/C15H11BrClN3/c16-12-7-6-10(15-11(12)3-2-8-18-15)9-19-14-5-1-4-13(17)20-14/h1-8H,9H2,(H,19,20). The van der Waals surface area contributed by atoms with Crippen LogP contribution in [0.2, 0.25) is 5.15 Å². The number of halogens is 2. The van der Waals surface area contributed by atoms with Crippen molar-refractivity contribution in [2.24, 2.45) is 0 Å². The molecule has 2 heterocycles. The van der Waals surface area contributed by atoms with Crippen molar-refractivity contribution in [2.45, 2.75) is 6.54 Å². The van der Waals surface area contributed by atoms with Gasteiger partial charge in [-0.25, -0.2) is 4.98 Å². The Morgan fingerprint density at radius 1 is 1.10 bits per heavy atom.